The third kappa shape index (κ3) is 4.44. The van der Waals surface area contributed by atoms with Gasteiger partial charge in [-0.05, 0) is 0 Å². The molecule has 0 nitrogen and oxygen atoms in total. The first kappa shape index (κ1) is 12.3. The molecule has 0 unspecified atom stereocenters. The van der Waals surface area contributed by atoms with Crippen LogP contribution in [-0.4, -0.2) is 0 Å². The van der Waals surface area contributed by atoms with E-state index in [2.05, 4.69) is 36.5 Å². The Kier molecular flexibility index (Phi) is 10.2. The second kappa shape index (κ2) is 6.68. The molecule has 0 aliphatic heterocycles. The van der Waals surface area contributed by atoms with Crippen molar-refractivity contribution in [2.75, 3.05) is 0 Å². The van der Waals surface area contributed by atoms with Crippen LogP contribution in [0, 0.1) is 0 Å². The normalized spacial score (nSPS) is 14.0. The molecule has 0 N–H and O–H groups in total. The Balaban J connectivity index is 0. The number of rotatable bonds is 0. The molecule has 0 aromatic heterocycles. The van der Waals surface area contributed by atoms with E-state index in [1.165, 1.54) is 4.17 Å². The summed E-state index contributed by atoms with van der Waals surface area (Å²) in [4.78, 5) is 0. The maximum absolute atomic E-state index is 2.84. The fourth-order valence-electron chi connectivity index (χ4n) is 0.412. The second-order valence-corrected chi connectivity index (χ2v) is 2.27. The van der Waals surface area contributed by atoms with Crippen LogP contribution in [0.25, 0.3) is 0 Å². The Labute approximate surface area is 93.9 Å². The molecule has 0 aromatic carbocycles. The van der Waals surface area contributed by atoms with Crippen molar-refractivity contribution < 1.29 is 18.3 Å². The second-order valence-electron chi connectivity index (χ2n) is 1.22. The van der Waals surface area contributed by atoms with Gasteiger partial charge < -0.3 is 0 Å². The Bertz CT molecular complexity index is 107. The molecule has 0 spiro atoms. The van der Waals surface area contributed by atoms with Crippen molar-refractivity contribution in [2.45, 2.75) is 6.42 Å². The molecule has 50 valence electrons. The van der Waals surface area contributed by atoms with Gasteiger partial charge in [0.15, 0.2) is 0 Å². The van der Waals surface area contributed by atoms with E-state index in [0.29, 0.717) is 0 Å². The maximum atomic E-state index is 2.84. The molecule has 0 radical (unpaired) electrons. The van der Waals surface area contributed by atoms with Crippen LogP contribution in [0.15, 0.2) is 22.4 Å². The first-order chi connectivity index (χ1) is 2.89. The average Bonchev–Trinajstić information content (AvgIpc) is 1.86. The van der Waals surface area contributed by atoms with Gasteiger partial charge in [-0.2, -0.15) is 0 Å². The number of hydrogen-bond acceptors (Lipinski definition) is 0. The van der Waals surface area contributed by atoms with E-state index in [4.69, 9.17) is 0 Å². The summed E-state index contributed by atoms with van der Waals surface area (Å²) in [6.07, 6.45) is 7.41. The molecule has 8 heavy (non-hydrogen) atoms. The molecule has 0 fully saturated rings. The van der Waals surface area contributed by atoms with Gasteiger partial charge in [0, 0.05) is 0 Å². The molecule has 1 aliphatic rings. The van der Waals surface area contributed by atoms with E-state index in [-0.39, 0.29) is 48.0 Å². The number of allylic oxidation sites excluding steroid dienone is 4. The minimum atomic E-state index is 0. The summed E-state index contributed by atoms with van der Waals surface area (Å²) >= 11 is 2.84. The van der Waals surface area contributed by atoms with Crippen molar-refractivity contribution in [3.63, 3.8) is 0 Å². The summed E-state index contributed by atoms with van der Waals surface area (Å²) in [5.74, 6) is 0. The fraction of sp³-hybridized carbons (Fsp3) is 0.200. The van der Waals surface area contributed by atoms with E-state index in [1.54, 1.807) is 0 Å². The summed E-state index contributed by atoms with van der Waals surface area (Å²) in [7, 11) is 0. The minimum absolute atomic E-state index is 0. The fourth-order valence-corrected chi connectivity index (χ4v) is 0.762. The van der Waals surface area contributed by atoms with Crippen molar-refractivity contribution >= 4 is 48.0 Å². The number of halogens is 2. The predicted octanol–water partition coefficient (Wildman–Crippen LogP) is 2.61. The Morgan fingerprint density at radius 3 is 2.12 bits per heavy atom. The van der Waals surface area contributed by atoms with E-state index >= 15 is 0 Å². The molecule has 1 aliphatic carbocycles. The van der Waals surface area contributed by atoms with Crippen LogP contribution >= 0.6 is 48.0 Å². The summed E-state index contributed by atoms with van der Waals surface area (Å²) in [6, 6.07) is 0. The van der Waals surface area contributed by atoms with Crippen molar-refractivity contribution in [3.8, 4) is 0 Å². The van der Waals surface area contributed by atoms with Crippen molar-refractivity contribution in [1.82, 2.24) is 0 Å². The monoisotopic (exact) mass is 424 g/mol. The first-order valence-corrected chi connectivity index (χ1v) is 2.70. The molecule has 0 aromatic rings. The molecule has 0 saturated heterocycles. The van der Waals surface area contributed by atoms with Gasteiger partial charge in [0.25, 0.3) is 0 Å². The van der Waals surface area contributed by atoms with Crippen LogP contribution in [-0.2, 0) is 18.3 Å². The molecule has 0 amide bonds. The van der Waals surface area contributed by atoms with Gasteiger partial charge in [-0.1, -0.05) is 0 Å². The van der Waals surface area contributed by atoms with Gasteiger partial charge >= 0.3 is 47.1 Å². The van der Waals surface area contributed by atoms with Crippen LogP contribution in [0.1, 0.15) is 6.42 Å². The Morgan fingerprint density at radius 1 is 1.38 bits per heavy atom. The van der Waals surface area contributed by atoms with Gasteiger partial charge in [-0.3, -0.25) is 0 Å². The molecule has 0 bridgehead atoms. The van der Waals surface area contributed by atoms with Crippen LogP contribution in [0.3, 0.4) is 0 Å². The van der Waals surface area contributed by atoms with Gasteiger partial charge in [-0.15, -0.1) is 48.0 Å². The van der Waals surface area contributed by atoms with E-state index < -0.39 is 0 Å². The summed E-state index contributed by atoms with van der Waals surface area (Å²) in [6.45, 7) is 0. The van der Waals surface area contributed by atoms with Gasteiger partial charge in [-0.25, -0.2) is 0 Å². The SMILES string of the molecule is I.I.[Rh][C]1=CC=CC1. The zero-order valence-corrected chi connectivity index (χ0v) is 10.4. The summed E-state index contributed by atoms with van der Waals surface area (Å²) in [5, 5.41) is 0. The van der Waals surface area contributed by atoms with Crippen molar-refractivity contribution in [3.05, 3.63) is 22.4 Å². The Hall–Kier alpha value is 1.56. The predicted molar refractivity (Wildman–Crippen MR) is 52.7 cm³/mol. The third-order valence-corrected chi connectivity index (χ3v) is 1.32. The van der Waals surface area contributed by atoms with E-state index in [9.17, 15) is 0 Å². The quantitative estimate of drug-likeness (QED) is 0.415. The topological polar surface area (TPSA) is 0 Å². The van der Waals surface area contributed by atoms with Gasteiger partial charge in [0.2, 0.25) is 0 Å². The van der Waals surface area contributed by atoms with Crippen LogP contribution in [0.4, 0.5) is 0 Å². The molecule has 0 atom stereocenters. The Morgan fingerprint density at radius 2 is 2.00 bits per heavy atom. The standard InChI is InChI=1S/C5H5.2HI.Rh/c1-2-4-5-3-1;;;/h1-3H,4H2;2*1H;. The number of hydrogen-bond donors (Lipinski definition) is 0. The van der Waals surface area contributed by atoms with E-state index in [0.717, 1.165) is 6.42 Å². The summed E-state index contributed by atoms with van der Waals surface area (Å²) in [5.41, 5.74) is 0. The molecule has 0 saturated carbocycles. The molecular weight excluding hydrogens is 417 g/mol. The first-order valence-electron chi connectivity index (χ1n) is 1.88. The summed E-state index contributed by atoms with van der Waals surface area (Å²) < 4.78 is 1.36. The van der Waals surface area contributed by atoms with Crippen LogP contribution in [0.2, 0.25) is 0 Å². The van der Waals surface area contributed by atoms with Crippen molar-refractivity contribution in [2.24, 2.45) is 0 Å². The molecule has 1 rings (SSSR count). The molecular formula is C5H7I2Rh. The van der Waals surface area contributed by atoms with Crippen LogP contribution in [0.5, 0.6) is 0 Å². The third-order valence-electron chi connectivity index (χ3n) is 0.709. The van der Waals surface area contributed by atoms with Crippen LogP contribution < -0.4 is 0 Å². The zero-order chi connectivity index (χ0) is 4.41. The van der Waals surface area contributed by atoms with Gasteiger partial charge in [0.05, 0.1) is 0 Å². The van der Waals surface area contributed by atoms with E-state index in [1.807, 2.05) is 0 Å². The van der Waals surface area contributed by atoms with Crippen molar-refractivity contribution in [1.29, 1.82) is 0 Å². The van der Waals surface area contributed by atoms with Gasteiger partial charge in [0.1, 0.15) is 0 Å². The zero-order valence-electron chi connectivity index (χ0n) is 4.09. The molecule has 3 heteroatoms. The molecule has 0 heterocycles. The average molecular weight is 424 g/mol.